The molecule has 0 saturated heterocycles. The molecule has 0 aliphatic rings. The van der Waals surface area contributed by atoms with Gasteiger partial charge >= 0.3 is 0 Å². The number of aromatic nitrogens is 3. The van der Waals surface area contributed by atoms with Crippen LogP contribution in [0, 0.1) is 11.3 Å². The summed E-state index contributed by atoms with van der Waals surface area (Å²) in [5, 5.41) is 15.7. The van der Waals surface area contributed by atoms with Crippen LogP contribution in [0.25, 0.3) is 0 Å². The van der Waals surface area contributed by atoms with Gasteiger partial charge in [-0.25, -0.2) is 9.67 Å². The molecule has 0 spiro atoms. The molecule has 0 bridgehead atoms. The lowest BCUT2D eigenvalue weighted by Crippen LogP contribution is -2.30. The van der Waals surface area contributed by atoms with Crippen molar-refractivity contribution in [3.63, 3.8) is 0 Å². The standard InChI is InChI=1S/C19H17N5O2/c1-14(26-17-9-7-15(11-20)8-10-17)18(25)22-19-21-13-24(23-19)12-16-5-3-2-4-6-16/h2-10,13-14H,12H2,1H3,(H,22,23,25)/t14-/m0/s1. The largest absolute Gasteiger partial charge is 0.481 e. The number of hydrogen-bond acceptors (Lipinski definition) is 5. The Morgan fingerprint density at radius 3 is 2.65 bits per heavy atom. The number of nitrogens with one attached hydrogen (secondary N) is 1. The first-order valence-electron chi connectivity index (χ1n) is 8.05. The van der Waals surface area contributed by atoms with Gasteiger partial charge in [0.15, 0.2) is 6.10 Å². The zero-order valence-corrected chi connectivity index (χ0v) is 14.2. The zero-order chi connectivity index (χ0) is 18.4. The minimum atomic E-state index is -0.732. The van der Waals surface area contributed by atoms with Crippen LogP contribution in [0.5, 0.6) is 5.75 Å². The van der Waals surface area contributed by atoms with E-state index in [0.29, 0.717) is 17.9 Å². The van der Waals surface area contributed by atoms with Crippen LogP contribution in [0.15, 0.2) is 60.9 Å². The molecule has 7 heteroatoms. The lowest BCUT2D eigenvalue weighted by Gasteiger charge is -2.13. The third-order valence-electron chi connectivity index (χ3n) is 3.62. The van der Waals surface area contributed by atoms with Gasteiger partial charge in [-0.15, -0.1) is 5.10 Å². The molecule has 3 aromatic rings. The van der Waals surface area contributed by atoms with Crippen molar-refractivity contribution in [3.05, 3.63) is 72.1 Å². The number of rotatable bonds is 6. The van der Waals surface area contributed by atoms with E-state index in [4.69, 9.17) is 10.00 Å². The Morgan fingerprint density at radius 2 is 1.96 bits per heavy atom. The predicted octanol–water partition coefficient (Wildman–Crippen LogP) is 2.60. The molecule has 3 rings (SSSR count). The van der Waals surface area contributed by atoms with E-state index in [0.717, 1.165) is 5.56 Å². The number of carbonyl (C=O) groups excluding carboxylic acids is 1. The molecule has 1 N–H and O–H groups in total. The van der Waals surface area contributed by atoms with E-state index in [1.807, 2.05) is 36.4 Å². The minimum absolute atomic E-state index is 0.223. The summed E-state index contributed by atoms with van der Waals surface area (Å²) in [4.78, 5) is 16.3. The van der Waals surface area contributed by atoms with Gasteiger partial charge in [0, 0.05) is 0 Å². The second kappa shape index (κ2) is 7.94. The molecule has 0 aliphatic heterocycles. The molecule has 0 unspecified atom stereocenters. The second-order valence-electron chi connectivity index (χ2n) is 5.64. The molecule has 1 aromatic heterocycles. The summed E-state index contributed by atoms with van der Waals surface area (Å²) < 4.78 is 7.22. The highest BCUT2D eigenvalue weighted by Gasteiger charge is 2.16. The lowest BCUT2D eigenvalue weighted by molar-refractivity contribution is -0.122. The van der Waals surface area contributed by atoms with Crippen molar-refractivity contribution >= 4 is 11.9 Å². The molecule has 2 aromatic carbocycles. The van der Waals surface area contributed by atoms with E-state index in [9.17, 15) is 4.79 Å². The van der Waals surface area contributed by atoms with Gasteiger partial charge in [0.1, 0.15) is 12.1 Å². The van der Waals surface area contributed by atoms with Crippen LogP contribution in [0.1, 0.15) is 18.1 Å². The smallest absolute Gasteiger partial charge is 0.267 e. The topological polar surface area (TPSA) is 92.8 Å². The average Bonchev–Trinajstić information content (AvgIpc) is 3.10. The summed E-state index contributed by atoms with van der Waals surface area (Å²) in [7, 11) is 0. The van der Waals surface area contributed by atoms with Crippen molar-refractivity contribution in [2.75, 3.05) is 5.32 Å². The fourth-order valence-corrected chi connectivity index (χ4v) is 2.28. The lowest BCUT2D eigenvalue weighted by atomic mass is 10.2. The maximum atomic E-state index is 12.2. The highest BCUT2D eigenvalue weighted by atomic mass is 16.5. The molecule has 0 aliphatic carbocycles. The number of nitriles is 1. The van der Waals surface area contributed by atoms with Crippen molar-refractivity contribution in [1.82, 2.24) is 14.8 Å². The third-order valence-corrected chi connectivity index (χ3v) is 3.62. The Hall–Kier alpha value is -3.66. The number of carbonyl (C=O) groups is 1. The van der Waals surface area contributed by atoms with Gasteiger partial charge in [-0.05, 0) is 36.8 Å². The van der Waals surface area contributed by atoms with E-state index >= 15 is 0 Å². The molecule has 1 amide bonds. The molecule has 26 heavy (non-hydrogen) atoms. The summed E-state index contributed by atoms with van der Waals surface area (Å²) in [5.74, 6) is 0.377. The molecule has 1 heterocycles. The van der Waals surface area contributed by atoms with Gasteiger partial charge in [-0.3, -0.25) is 10.1 Å². The van der Waals surface area contributed by atoms with Gasteiger partial charge in [-0.2, -0.15) is 5.26 Å². The Bertz CT molecular complexity index is 913. The van der Waals surface area contributed by atoms with Crippen molar-refractivity contribution < 1.29 is 9.53 Å². The normalized spacial score (nSPS) is 11.4. The van der Waals surface area contributed by atoms with E-state index in [-0.39, 0.29) is 11.9 Å². The van der Waals surface area contributed by atoms with Gasteiger partial charge in [0.05, 0.1) is 18.2 Å². The monoisotopic (exact) mass is 347 g/mol. The van der Waals surface area contributed by atoms with Crippen molar-refractivity contribution in [2.24, 2.45) is 0 Å². The summed E-state index contributed by atoms with van der Waals surface area (Å²) >= 11 is 0. The first-order chi connectivity index (χ1) is 12.6. The fourth-order valence-electron chi connectivity index (χ4n) is 2.28. The van der Waals surface area contributed by atoms with Crippen LogP contribution in [0.2, 0.25) is 0 Å². The molecule has 130 valence electrons. The Kier molecular flexibility index (Phi) is 5.25. The summed E-state index contributed by atoms with van der Waals surface area (Å²) in [5.41, 5.74) is 1.62. The zero-order valence-electron chi connectivity index (χ0n) is 14.2. The second-order valence-corrected chi connectivity index (χ2v) is 5.64. The molecular weight excluding hydrogens is 330 g/mol. The Balaban J connectivity index is 1.56. The number of ether oxygens (including phenoxy) is 1. The first kappa shape index (κ1) is 17.2. The van der Waals surface area contributed by atoms with Crippen LogP contribution in [-0.4, -0.2) is 26.8 Å². The van der Waals surface area contributed by atoms with Crippen molar-refractivity contribution in [3.8, 4) is 11.8 Å². The molecule has 7 nitrogen and oxygen atoms in total. The van der Waals surface area contributed by atoms with Crippen LogP contribution in [0.3, 0.4) is 0 Å². The maximum absolute atomic E-state index is 12.2. The first-order valence-corrected chi connectivity index (χ1v) is 8.05. The van der Waals surface area contributed by atoms with Crippen LogP contribution in [0.4, 0.5) is 5.95 Å². The quantitative estimate of drug-likeness (QED) is 0.740. The molecule has 0 radical (unpaired) electrons. The van der Waals surface area contributed by atoms with Gasteiger partial charge < -0.3 is 4.74 Å². The summed E-state index contributed by atoms with van der Waals surface area (Å²) in [6.07, 6.45) is 0.832. The molecule has 0 fully saturated rings. The van der Waals surface area contributed by atoms with E-state index in [1.54, 1.807) is 42.2 Å². The van der Waals surface area contributed by atoms with Crippen molar-refractivity contribution in [2.45, 2.75) is 19.6 Å². The van der Waals surface area contributed by atoms with E-state index < -0.39 is 6.10 Å². The van der Waals surface area contributed by atoms with Crippen molar-refractivity contribution in [1.29, 1.82) is 5.26 Å². The van der Waals surface area contributed by atoms with Gasteiger partial charge in [-0.1, -0.05) is 30.3 Å². The number of nitrogens with zero attached hydrogens (tertiary/aromatic N) is 4. The third kappa shape index (κ3) is 4.45. The maximum Gasteiger partial charge on any atom is 0.267 e. The van der Waals surface area contributed by atoms with Crippen LogP contribution < -0.4 is 10.1 Å². The van der Waals surface area contributed by atoms with E-state index in [1.165, 1.54) is 0 Å². The summed E-state index contributed by atoms with van der Waals surface area (Å²) in [6.45, 7) is 2.20. The Labute approximate surface area is 150 Å². The highest BCUT2D eigenvalue weighted by Crippen LogP contribution is 2.14. The number of amides is 1. The predicted molar refractivity (Wildman–Crippen MR) is 95.4 cm³/mol. The average molecular weight is 347 g/mol. The van der Waals surface area contributed by atoms with Gasteiger partial charge in [0.2, 0.25) is 5.95 Å². The minimum Gasteiger partial charge on any atom is -0.481 e. The number of anilines is 1. The summed E-state index contributed by atoms with van der Waals surface area (Å²) in [6, 6.07) is 18.4. The van der Waals surface area contributed by atoms with Crippen LogP contribution in [-0.2, 0) is 11.3 Å². The van der Waals surface area contributed by atoms with Gasteiger partial charge in [0.25, 0.3) is 5.91 Å². The number of hydrogen-bond donors (Lipinski definition) is 1. The van der Waals surface area contributed by atoms with Crippen LogP contribution >= 0.6 is 0 Å². The van der Waals surface area contributed by atoms with E-state index in [2.05, 4.69) is 15.4 Å². The molecule has 0 saturated carbocycles. The highest BCUT2D eigenvalue weighted by molar-refractivity contribution is 5.92. The Morgan fingerprint density at radius 1 is 1.23 bits per heavy atom. The molecular formula is C19H17N5O2. The fraction of sp³-hybridized carbons (Fsp3) is 0.158. The molecule has 1 atom stereocenters. The number of benzene rings is 2. The SMILES string of the molecule is C[C@H](Oc1ccc(C#N)cc1)C(=O)Nc1ncn(Cc2ccccc2)n1.